The van der Waals surface area contributed by atoms with Crippen LogP contribution in [0.1, 0.15) is 44.7 Å². The fraction of sp³-hybridized carbons (Fsp3) is 0.417. The van der Waals surface area contributed by atoms with Gasteiger partial charge in [0, 0.05) is 5.39 Å². The van der Waals surface area contributed by atoms with Crippen molar-refractivity contribution in [1.29, 1.82) is 0 Å². The minimum atomic E-state index is -0.519. The number of alkyl carbamates (subject to hydrolysis) is 1. The van der Waals surface area contributed by atoms with E-state index in [4.69, 9.17) is 9.47 Å². The largest absolute Gasteiger partial charge is 0.456 e. The molecule has 164 valence electrons. The summed E-state index contributed by atoms with van der Waals surface area (Å²) < 4.78 is 14.5. The molecule has 0 unspecified atom stereocenters. The maximum Gasteiger partial charge on any atom is 0.408 e. The molecule has 1 amide bonds. The van der Waals surface area contributed by atoms with E-state index in [2.05, 4.69) is 26.3 Å². The second-order valence-electron chi connectivity index (χ2n) is 9.37. The van der Waals surface area contributed by atoms with Crippen molar-refractivity contribution >= 4 is 32.9 Å². The Morgan fingerprint density at radius 1 is 1.23 bits per heavy atom. The molecule has 0 aliphatic heterocycles. The summed E-state index contributed by atoms with van der Waals surface area (Å²) in [5.41, 5.74) is 2.34. The summed E-state index contributed by atoms with van der Waals surface area (Å²) in [6.07, 6.45) is 3.26. The first-order valence-electron chi connectivity index (χ1n) is 10.5. The SMILES string of the molecule is Cc1cccc(C)c1Oc1cc2cnn(CC3(NC(=O)OC(C)(C)C)CC3)c2cc1Br. The highest BCUT2D eigenvalue weighted by Gasteiger charge is 2.45. The Morgan fingerprint density at radius 3 is 2.52 bits per heavy atom. The molecular formula is C24H28BrN3O3. The number of hydrogen-bond acceptors (Lipinski definition) is 4. The van der Waals surface area contributed by atoms with E-state index in [1.807, 2.05) is 75.8 Å². The van der Waals surface area contributed by atoms with E-state index in [1.165, 1.54) is 0 Å². The average Bonchev–Trinajstić information content (AvgIpc) is 3.30. The number of benzene rings is 2. The maximum atomic E-state index is 12.2. The molecule has 2 aromatic carbocycles. The predicted octanol–water partition coefficient (Wildman–Crippen LogP) is 6.27. The monoisotopic (exact) mass is 485 g/mol. The van der Waals surface area contributed by atoms with E-state index in [0.29, 0.717) is 6.54 Å². The summed E-state index contributed by atoms with van der Waals surface area (Å²) >= 11 is 3.66. The van der Waals surface area contributed by atoms with Gasteiger partial charge in [-0.3, -0.25) is 4.68 Å². The van der Waals surface area contributed by atoms with Crippen molar-refractivity contribution < 1.29 is 14.3 Å². The van der Waals surface area contributed by atoms with Crippen molar-refractivity contribution in [2.75, 3.05) is 0 Å². The molecule has 0 spiro atoms. The summed E-state index contributed by atoms with van der Waals surface area (Å²) in [4.78, 5) is 12.2. The predicted molar refractivity (Wildman–Crippen MR) is 125 cm³/mol. The number of rotatable bonds is 5. The van der Waals surface area contributed by atoms with E-state index in [0.717, 1.165) is 50.8 Å². The van der Waals surface area contributed by atoms with E-state index in [9.17, 15) is 4.79 Å². The van der Waals surface area contributed by atoms with E-state index in [-0.39, 0.29) is 11.6 Å². The molecule has 4 rings (SSSR count). The van der Waals surface area contributed by atoms with E-state index >= 15 is 0 Å². The molecular weight excluding hydrogens is 458 g/mol. The quantitative estimate of drug-likeness (QED) is 0.462. The first-order chi connectivity index (χ1) is 14.6. The van der Waals surface area contributed by atoms with Gasteiger partial charge in [-0.05, 0) is 86.6 Å². The van der Waals surface area contributed by atoms with Crippen LogP contribution >= 0.6 is 15.9 Å². The van der Waals surface area contributed by atoms with Crippen molar-refractivity contribution in [1.82, 2.24) is 15.1 Å². The molecule has 1 aliphatic rings. The number of aromatic nitrogens is 2. The van der Waals surface area contributed by atoms with Gasteiger partial charge >= 0.3 is 6.09 Å². The Labute approximate surface area is 191 Å². The number of nitrogens with zero attached hydrogens (tertiary/aromatic N) is 2. The van der Waals surface area contributed by atoms with E-state index < -0.39 is 5.60 Å². The zero-order chi connectivity index (χ0) is 22.4. The molecule has 1 fully saturated rings. The Bertz CT molecular complexity index is 1120. The van der Waals surface area contributed by atoms with Crippen LogP contribution in [0.25, 0.3) is 10.9 Å². The standard InChI is InChI=1S/C24H28BrN3O3/c1-15-7-6-8-16(2)21(15)30-20-11-17-13-26-28(19(17)12-18(20)25)14-24(9-10-24)27-22(29)31-23(3,4)5/h6-8,11-13H,9-10,14H2,1-5H3,(H,27,29). The molecule has 0 radical (unpaired) electrons. The first kappa shape index (κ1) is 21.7. The molecule has 1 N–H and O–H groups in total. The van der Waals surface area contributed by atoms with Crippen LogP contribution < -0.4 is 10.1 Å². The lowest BCUT2D eigenvalue weighted by Gasteiger charge is -2.23. The molecule has 1 aliphatic carbocycles. The van der Waals surface area contributed by atoms with Crippen LogP contribution in [0.5, 0.6) is 11.5 Å². The Kier molecular flexibility index (Phi) is 5.50. The minimum Gasteiger partial charge on any atom is -0.456 e. The second kappa shape index (κ2) is 7.86. The zero-order valence-corrected chi connectivity index (χ0v) is 20.2. The van der Waals surface area contributed by atoms with Gasteiger partial charge in [0.2, 0.25) is 0 Å². The highest BCUT2D eigenvalue weighted by molar-refractivity contribution is 9.10. The first-order valence-corrected chi connectivity index (χ1v) is 11.2. The Hall–Kier alpha value is -2.54. The summed E-state index contributed by atoms with van der Waals surface area (Å²) in [5, 5.41) is 8.60. The highest BCUT2D eigenvalue weighted by Crippen LogP contribution is 2.40. The number of halogens is 1. The van der Waals surface area contributed by atoms with Gasteiger partial charge in [-0.1, -0.05) is 18.2 Å². The lowest BCUT2D eigenvalue weighted by Crippen LogP contribution is -2.43. The number of ether oxygens (including phenoxy) is 2. The molecule has 6 nitrogen and oxygen atoms in total. The number of nitrogens with one attached hydrogen (secondary N) is 1. The molecule has 7 heteroatoms. The topological polar surface area (TPSA) is 65.4 Å². The Balaban J connectivity index is 1.55. The second-order valence-corrected chi connectivity index (χ2v) is 10.2. The third-order valence-corrected chi connectivity index (χ3v) is 6.01. The van der Waals surface area contributed by atoms with E-state index in [1.54, 1.807) is 0 Å². The Morgan fingerprint density at radius 2 is 1.90 bits per heavy atom. The van der Waals surface area contributed by atoms with Crippen LogP contribution in [-0.4, -0.2) is 27.0 Å². The molecule has 1 heterocycles. The van der Waals surface area contributed by atoms with Gasteiger partial charge in [0.05, 0.1) is 28.3 Å². The smallest absolute Gasteiger partial charge is 0.408 e. The average molecular weight is 486 g/mol. The van der Waals surface area contributed by atoms with Crippen LogP contribution in [-0.2, 0) is 11.3 Å². The van der Waals surface area contributed by atoms with Crippen LogP contribution in [0.15, 0.2) is 41.0 Å². The van der Waals surface area contributed by atoms with Crippen LogP contribution in [0.3, 0.4) is 0 Å². The number of hydrogen-bond donors (Lipinski definition) is 1. The van der Waals surface area contributed by atoms with Gasteiger partial charge in [-0.2, -0.15) is 5.10 Å². The fourth-order valence-corrected chi connectivity index (χ4v) is 4.05. The van der Waals surface area contributed by atoms with Crippen molar-refractivity contribution in [3.63, 3.8) is 0 Å². The maximum absolute atomic E-state index is 12.2. The van der Waals surface area contributed by atoms with Crippen molar-refractivity contribution in [3.8, 4) is 11.5 Å². The normalized spacial score (nSPS) is 15.0. The van der Waals surface area contributed by atoms with Gasteiger partial charge in [0.1, 0.15) is 17.1 Å². The van der Waals surface area contributed by atoms with Crippen molar-refractivity contribution in [2.45, 2.75) is 65.1 Å². The number of aryl methyl sites for hydroxylation is 2. The minimum absolute atomic E-state index is 0.304. The van der Waals surface area contributed by atoms with Gasteiger partial charge in [0.15, 0.2) is 0 Å². The third kappa shape index (κ3) is 4.87. The lowest BCUT2D eigenvalue weighted by atomic mass is 10.1. The summed E-state index contributed by atoms with van der Waals surface area (Å²) in [7, 11) is 0. The van der Waals surface area contributed by atoms with Crippen molar-refractivity contribution in [2.24, 2.45) is 0 Å². The van der Waals surface area contributed by atoms with Crippen LogP contribution in [0, 0.1) is 13.8 Å². The zero-order valence-electron chi connectivity index (χ0n) is 18.6. The molecule has 3 aromatic rings. The number of para-hydroxylation sites is 1. The van der Waals surface area contributed by atoms with Crippen LogP contribution in [0.2, 0.25) is 0 Å². The van der Waals surface area contributed by atoms with Gasteiger partial charge < -0.3 is 14.8 Å². The highest BCUT2D eigenvalue weighted by atomic mass is 79.9. The number of amides is 1. The summed E-state index contributed by atoms with van der Waals surface area (Å²) in [6, 6.07) is 10.1. The third-order valence-electron chi connectivity index (χ3n) is 5.39. The van der Waals surface area contributed by atoms with Crippen LogP contribution in [0.4, 0.5) is 4.79 Å². The van der Waals surface area contributed by atoms with Crippen molar-refractivity contribution in [3.05, 3.63) is 52.1 Å². The molecule has 0 atom stereocenters. The van der Waals surface area contributed by atoms with Gasteiger partial charge in [0.25, 0.3) is 0 Å². The lowest BCUT2D eigenvalue weighted by molar-refractivity contribution is 0.0490. The molecule has 1 saturated carbocycles. The molecule has 31 heavy (non-hydrogen) atoms. The number of carbonyl (C=O) groups is 1. The summed E-state index contributed by atoms with van der Waals surface area (Å²) in [5.74, 6) is 1.62. The molecule has 1 aromatic heterocycles. The number of fused-ring (bicyclic) bond motifs is 1. The fourth-order valence-electron chi connectivity index (χ4n) is 3.63. The van der Waals surface area contributed by atoms with Gasteiger partial charge in [-0.15, -0.1) is 0 Å². The van der Waals surface area contributed by atoms with Gasteiger partial charge in [-0.25, -0.2) is 4.79 Å². The molecule has 0 saturated heterocycles. The molecule has 0 bridgehead atoms. The summed E-state index contributed by atoms with van der Waals surface area (Å²) in [6.45, 7) is 10.3. The number of carbonyl (C=O) groups excluding carboxylic acids is 1.